The number of ether oxygens (including phenoxy) is 1. The molecule has 1 N–H and O–H groups in total. The molecule has 1 aliphatic carbocycles. The summed E-state index contributed by atoms with van der Waals surface area (Å²) in [5, 5.41) is 7.68. The van der Waals surface area contributed by atoms with Crippen molar-refractivity contribution >= 4 is 0 Å². The molecule has 2 rings (SSSR count). The highest BCUT2D eigenvalue weighted by atomic mass is 19.4. The van der Waals surface area contributed by atoms with Crippen LogP contribution in [0.4, 0.5) is 13.2 Å². The van der Waals surface area contributed by atoms with Crippen LogP contribution in [0.25, 0.3) is 0 Å². The minimum Gasteiger partial charge on any atom is -0.369 e. The van der Waals surface area contributed by atoms with Crippen molar-refractivity contribution in [3.05, 3.63) is 17.5 Å². The van der Waals surface area contributed by atoms with Crippen molar-refractivity contribution in [2.75, 3.05) is 6.61 Å². The molecule has 120 valence electrons. The second-order valence-corrected chi connectivity index (χ2v) is 5.71. The summed E-state index contributed by atoms with van der Waals surface area (Å²) >= 11 is 0. The molecule has 2 atom stereocenters. The molecule has 1 heterocycles. The lowest BCUT2D eigenvalue weighted by Gasteiger charge is -2.30. The summed E-state index contributed by atoms with van der Waals surface area (Å²) in [4.78, 5) is 0. The number of aromatic nitrogens is 2. The van der Waals surface area contributed by atoms with E-state index in [4.69, 9.17) is 4.74 Å². The Bertz CT molecular complexity index is 459. The largest absolute Gasteiger partial charge is 0.411 e. The van der Waals surface area contributed by atoms with E-state index in [2.05, 4.69) is 10.4 Å². The Kier molecular flexibility index (Phi) is 5.27. The molecule has 0 aliphatic heterocycles. The zero-order valence-corrected chi connectivity index (χ0v) is 12.4. The van der Waals surface area contributed by atoms with Gasteiger partial charge in [-0.2, -0.15) is 18.3 Å². The monoisotopic (exact) mass is 305 g/mol. The minimum atomic E-state index is -4.24. The predicted molar refractivity (Wildman–Crippen MR) is 72.8 cm³/mol. The average molecular weight is 305 g/mol. The zero-order chi connectivity index (χ0) is 15.5. The normalized spacial score (nSPS) is 23.5. The van der Waals surface area contributed by atoms with E-state index in [1.165, 1.54) is 0 Å². The average Bonchev–Trinajstić information content (AvgIpc) is 2.72. The fraction of sp³-hybridized carbons (Fsp3) is 0.786. The number of nitrogens with zero attached hydrogens (tertiary/aromatic N) is 2. The highest BCUT2D eigenvalue weighted by Crippen LogP contribution is 2.24. The van der Waals surface area contributed by atoms with Gasteiger partial charge in [0.25, 0.3) is 0 Å². The van der Waals surface area contributed by atoms with Crippen LogP contribution in [0, 0.1) is 6.92 Å². The first kappa shape index (κ1) is 16.3. The lowest BCUT2D eigenvalue weighted by Crippen LogP contribution is -2.37. The van der Waals surface area contributed by atoms with Crippen LogP contribution in [0.15, 0.2) is 6.20 Å². The van der Waals surface area contributed by atoms with Gasteiger partial charge in [0.2, 0.25) is 0 Å². The first-order valence-electron chi connectivity index (χ1n) is 7.24. The van der Waals surface area contributed by atoms with Crippen LogP contribution in [-0.2, 0) is 18.3 Å². The summed E-state index contributed by atoms with van der Waals surface area (Å²) in [6, 6.07) is 0.205. The fourth-order valence-electron chi connectivity index (χ4n) is 2.77. The molecule has 21 heavy (non-hydrogen) atoms. The third kappa shape index (κ3) is 5.32. The first-order valence-corrected chi connectivity index (χ1v) is 7.24. The number of halogens is 3. The molecule has 1 aliphatic rings. The molecule has 7 heteroatoms. The molecule has 1 saturated carbocycles. The number of aryl methyl sites for hydroxylation is 2. The second-order valence-electron chi connectivity index (χ2n) is 5.71. The van der Waals surface area contributed by atoms with Crippen molar-refractivity contribution in [1.82, 2.24) is 15.1 Å². The van der Waals surface area contributed by atoms with Gasteiger partial charge in [-0.25, -0.2) is 0 Å². The molecule has 0 amide bonds. The van der Waals surface area contributed by atoms with Crippen molar-refractivity contribution < 1.29 is 17.9 Å². The maximum Gasteiger partial charge on any atom is 0.411 e. The van der Waals surface area contributed by atoms with Crippen molar-refractivity contribution in [2.45, 2.75) is 57.5 Å². The summed E-state index contributed by atoms with van der Waals surface area (Å²) in [7, 11) is 1.87. The van der Waals surface area contributed by atoms with Crippen molar-refractivity contribution in [3.8, 4) is 0 Å². The minimum absolute atomic E-state index is 0.205. The molecule has 1 aromatic heterocycles. The Morgan fingerprint density at radius 2 is 2.19 bits per heavy atom. The van der Waals surface area contributed by atoms with Crippen molar-refractivity contribution in [2.24, 2.45) is 7.05 Å². The smallest absolute Gasteiger partial charge is 0.369 e. The molecular formula is C14H22F3N3O. The molecule has 4 nitrogen and oxygen atoms in total. The molecule has 0 bridgehead atoms. The van der Waals surface area contributed by atoms with Crippen molar-refractivity contribution in [1.29, 1.82) is 0 Å². The molecular weight excluding hydrogens is 283 g/mol. The van der Waals surface area contributed by atoms with E-state index in [0.717, 1.165) is 24.1 Å². The van der Waals surface area contributed by atoms with Crippen LogP contribution in [0.5, 0.6) is 0 Å². The number of rotatable bonds is 5. The second kappa shape index (κ2) is 6.79. The maximum absolute atomic E-state index is 12.2. The Morgan fingerprint density at radius 1 is 1.43 bits per heavy atom. The highest BCUT2D eigenvalue weighted by Gasteiger charge is 2.31. The summed E-state index contributed by atoms with van der Waals surface area (Å²) in [6.07, 6.45) is 0.635. The van der Waals surface area contributed by atoms with Gasteiger partial charge in [0.1, 0.15) is 6.61 Å². The van der Waals surface area contributed by atoms with Crippen LogP contribution < -0.4 is 5.32 Å². The topological polar surface area (TPSA) is 39.1 Å². The summed E-state index contributed by atoms with van der Waals surface area (Å²) in [5.41, 5.74) is 2.10. The first-order chi connectivity index (χ1) is 9.83. The van der Waals surface area contributed by atoms with E-state index in [-0.39, 0.29) is 12.1 Å². The summed E-state index contributed by atoms with van der Waals surface area (Å²) in [5.74, 6) is 0. The van der Waals surface area contributed by atoms with Gasteiger partial charge < -0.3 is 10.1 Å². The number of hydrogen-bond donors (Lipinski definition) is 1. The molecule has 0 saturated heterocycles. The van der Waals surface area contributed by atoms with Crippen LogP contribution >= 0.6 is 0 Å². The number of nitrogens with one attached hydrogen (secondary N) is 1. The molecule has 2 unspecified atom stereocenters. The Balaban J connectivity index is 1.77. The van der Waals surface area contributed by atoms with E-state index in [1.807, 2.05) is 20.2 Å². The van der Waals surface area contributed by atoms with Crippen LogP contribution in [0.2, 0.25) is 0 Å². The van der Waals surface area contributed by atoms with E-state index >= 15 is 0 Å². The van der Waals surface area contributed by atoms with E-state index < -0.39 is 12.8 Å². The molecule has 0 aromatic carbocycles. The lowest BCUT2D eigenvalue weighted by molar-refractivity contribution is -0.188. The molecule has 1 aromatic rings. The van der Waals surface area contributed by atoms with Gasteiger partial charge in [-0.1, -0.05) is 0 Å². The van der Waals surface area contributed by atoms with Gasteiger partial charge in [-0.15, -0.1) is 0 Å². The van der Waals surface area contributed by atoms with Crippen LogP contribution in [0.1, 0.15) is 36.9 Å². The summed E-state index contributed by atoms with van der Waals surface area (Å²) in [6.45, 7) is 1.50. The predicted octanol–water partition coefficient (Wildman–Crippen LogP) is 2.71. The Hall–Kier alpha value is -1.08. The lowest BCUT2D eigenvalue weighted by atomic mass is 9.92. The number of hydrogen-bond acceptors (Lipinski definition) is 3. The SMILES string of the molecule is Cc1nn(C)cc1CNC1CCCC(OCC(F)(F)F)C1. The maximum atomic E-state index is 12.2. The van der Waals surface area contributed by atoms with Gasteiger partial charge in [0.15, 0.2) is 0 Å². The molecule has 0 spiro atoms. The molecule has 0 radical (unpaired) electrons. The standard InChI is InChI=1S/C14H22F3N3O/c1-10-11(8-20(2)19-10)7-18-12-4-3-5-13(6-12)21-9-14(15,16)17/h8,12-13,18H,3-7,9H2,1-2H3. The fourth-order valence-corrected chi connectivity index (χ4v) is 2.77. The van der Waals surface area contributed by atoms with E-state index in [9.17, 15) is 13.2 Å². The van der Waals surface area contributed by atoms with E-state index in [1.54, 1.807) is 4.68 Å². The van der Waals surface area contributed by atoms with Gasteiger partial charge in [-0.3, -0.25) is 4.68 Å². The zero-order valence-electron chi connectivity index (χ0n) is 12.4. The van der Waals surface area contributed by atoms with Gasteiger partial charge >= 0.3 is 6.18 Å². The van der Waals surface area contributed by atoms with Gasteiger partial charge in [-0.05, 0) is 32.6 Å². The number of alkyl halides is 3. The quantitative estimate of drug-likeness (QED) is 0.909. The van der Waals surface area contributed by atoms with Crippen LogP contribution in [0.3, 0.4) is 0 Å². The highest BCUT2D eigenvalue weighted by molar-refractivity contribution is 5.14. The third-order valence-corrected chi connectivity index (χ3v) is 3.81. The third-order valence-electron chi connectivity index (χ3n) is 3.81. The van der Waals surface area contributed by atoms with Crippen molar-refractivity contribution in [3.63, 3.8) is 0 Å². The molecule has 1 fully saturated rings. The Labute approximate surface area is 122 Å². The van der Waals surface area contributed by atoms with Gasteiger partial charge in [0.05, 0.1) is 11.8 Å². The van der Waals surface area contributed by atoms with Gasteiger partial charge in [0, 0.05) is 31.4 Å². The van der Waals surface area contributed by atoms with E-state index in [0.29, 0.717) is 19.4 Å². The Morgan fingerprint density at radius 3 is 2.81 bits per heavy atom. The van der Waals surface area contributed by atoms with Crippen LogP contribution in [-0.4, -0.2) is 34.7 Å². The summed E-state index contributed by atoms with van der Waals surface area (Å²) < 4.78 is 43.3.